The number of ether oxygens (including phenoxy) is 1. The van der Waals surface area contributed by atoms with E-state index in [2.05, 4.69) is 25.9 Å². The fourth-order valence-electron chi connectivity index (χ4n) is 2.22. The molecule has 88 valence electrons. The molecule has 16 heavy (non-hydrogen) atoms. The smallest absolute Gasteiger partial charge is 0.162 e. The van der Waals surface area contributed by atoms with E-state index in [4.69, 9.17) is 16.3 Å². The van der Waals surface area contributed by atoms with Crippen LogP contribution in [-0.4, -0.2) is 16.6 Å². The number of nitrogens with zero attached hydrogens (tertiary/aromatic N) is 2. The molecule has 0 bridgehead atoms. The van der Waals surface area contributed by atoms with Crippen molar-refractivity contribution in [1.29, 1.82) is 0 Å². The van der Waals surface area contributed by atoms with Crippen molar-refractivity contribution in [1.82, 2.24) is 9.97 Å². The van der Waals surface area contributed by atoms with Crippen molar-refractivity contribution in [3.05, 3.63) is 21.6 Å². The fourth-order valence-corrected chi connectivity index (χ4v) is 2.54. The first-order valence-electron chi connectivity index (χ1n) is 5.50. The van der Waals surface area contributed by atoms with Crippen molar-refractivity contribution >= 4 is 27.5 Å². The first kappa shape index (κ1) is 12.3. The van der Waals surface area contributed by atoms with Crippen LogP contribution < -0.4 is 0 Å². The quantitative estimate of drug-likeness (QED) is 0.799. The molecule has 1 saturated carbocycles. The van der Waals surface area contributed by atoms with E-state index < -0.39 is 0 Å². The third-order valence-corrected chi connectivity index (χ3v) is 4.04. The van der Waals surface area contributed by atoms with Gasteiger partial charge in [-0.1, -0.05) is 11.6 Å². The number of rotatable bonds is 3. The topological polar surface area (TPSA) is 35.0 Å². The summed E-state index contributed by atoms with van der Waals surface area (Å²) >= 11 is 9.30. The molecule has 0 N–H and O–H groups in total. The van der Waals surface area contributed by atoms with Gasteiger partial charge in [-0.3, -0.25) is 0 Å². The maximum absolute atomic E-state index is 6.00. The van der Waals surface area contributed by atoms with Gasteiger partial charge >= 0.3 is 0 Å². The standard InChI is InChI=1S/C11H14BrClN2O/c1-2-16-11(5-3-4-6-11)10-14-7-8(12)9(13)15-10/h7H,2-6H2,1H3. The van der Waals surface area contributed by atoms with Crippen molar-refractivity contribution in [2.75, 3.05) is 6.61 Å². The van der Waals surface area contributed by atoms with Crippen LogP contribution in [0.15, 0.2) is 10.7 Å². The Balaban J connectivity index is 2.35. The predicted octanol–water partition coefficient (Wildman–Crippen LogP) is 3.70. The van der Waals surface area contributed by atoms with Gasteiger partial charge in [0.15, 0.2) is 5.82 Å². The number of halogens is 2. The average Bonchev–Trinajstić information content (AvgIpc) is 2.72. The van der Waals surface area contributed by atoms with E-state index in [0.29, 0.717) is 11.8 Å². The van der Waals surface area contributed by atoms with Crippen LogP contribution in [0.1, 0.15) is 38.4 Å². The Bertz CT molecular complexity index is 380. The van der Waals surface area contributed by atoms with Gasteiger partial charge in [0.05, 0.1) is 4.47 Å². The molecule has 0 amide bonds. The normalized spacial score (nSPS) is 18.9. The summed E-state index contributed by atoms with van der Waals surface area (Å²) in [5, 5.41) is 0.455. The summed E-state index contributed by atoms with van der Waals surface area (Å²) < 4.78 is 6.60. The van der Waals surface area contributed by atoms with Crippen LogP contribution in [0.25, 0.3) is 0 Å². The summed E-state index contributed by atoms with van der Waals surface area (Å²) in [6.07, 6.45) is 6.00. The maximum atomic E-state index is 6.00. The summed E-state index contributed by atoms with van der Waals surface area (Å²) in [4.78, 5) is 8.67. The van der Waals surface area contributed by atoms with Crippen LogP contribution in [0.5, 0.6) is 0 Å². The molecule has 0 aliphatic heterocycles. The van der Waals surface area contributed by atoms with Crippen molar-refractivity contribution in [3.8, 4) is 0 Å². The van der Waals surface area contributed by atoms with E-state index in [1.807, 2.05) is 6.92 Å². The predicted molar refractivity (Wildman–Crippen MR) is 66.5 cm³/mol. The van der Waals surface area contributed by atoms with Gasteiger partial charge in [0.2, 0.25) is 0 Å². The van der Waals surface area contributed by atoms with E-state index in [0.717, 1.165) is 36.0 Å². The Morgan fingerprint density at radius 2 is 2.19 bits per heavy atom. The molecule has 1 heterocycles. The number of hydrogen-bond donors (Lipinski definition) is 0. The third kappa shape index (κ3) is 2.24. The van der Waals surface area contributed by atoms with Crippen LogP contribution >= 0.6 is 27.5 Å². The summed E-state index contributed by atoms with van der Waals surface area (Å²) in [5.41, 5.74) is -0.306. The highest BCUT2D eigenvalue weighted by Gasteiger charge is 2.39. The molecule has 2 rings (SSSR count). The van der Waals surface area contributed by atoms with E-state index in [1.54, 1.807) is 6.20 Å². The second-order valence-electron chi connectivity index (χ2n) is 3.97. The van der Waals surface area contributed by atoms with E-state index in [-0.39, 0.29) is 5.60 Å². The Morgan fingerprint density at radius 1 is 1.50 bits per heavy atom. The molecule has 0 aromatic carbocycles. The first-order chi connectivity index (χ1) is 7.68. The first-order valence-corrected chi connectivity index (χ1v) is 6.67. The zero-order chi connectivity index (χ0) is 11.6. The lowest BCUT2D eigenvalue weighted by Crippen LogP contribution is -2.28. The van der Waals surface area contributed by atoms with Gasteiger partial charge in [0, 0.05) is 12.8 Å². The van der Waals surface area contributed by atoms with Crippen LogP contribution in [-0.2, 0) is 10.3 Å². The Kier molecular flexibility index (Phi) is 3.82. The average molecular weight is 306 g/mol. The highest BCUT2D eigenvalue weighted by molar-refractivity contribution is 9.10. The Morgan fingerprint density at radius 3 is 2.75 bits per heavy atom. The van der Waals surface area contributed by atoms with Gasteiger partial charge in [0.25, 0.3) is 0 Å². The molecule has 3 nitrogen and oxygen atoms in total. The molecule has 1 aliphatic carbocycles. The minimum Gasteiger partial charge on any atom is -0.367 e. The molecule has 0 unspecified atom stereocenters. The number of hydrogen-bond acceptors (Lipinski definition) is 3. The zero-order valence-corrected chi connectivity index (χ0v) is 11.5. The van der Waals surface area contributed by atoms with Crippen LogP contribution in [0.4, 0.5) is 0 Å². The van der Waals surface area contributed by atoms with Crippen LogP contribution in [0.3, 0.4) is 0 Å². The SMILES string of the molecule is CCOC1(c2ncc(Br)c(Cl)n2)CCCC1. The Hall–Kier alpha value is -0.190. The molecule has 5 heteroatoms. The van der Waals surface area contributed by atoms with Gasteiger partial charge in [-0.2, -0.15) is 0 Å². The van der Waals surface area contributed by atoms with Gasteiger partial charge < -0.3 is 4.74 Å². The summed E-state index contributed by atoms with van der Waals surface area (Å²) in [6, 6.07) is 0. The summed E-state index contributed by atoms with van der Waals surface area (Å²) in [5.74, 6) is 0.722. The molecule has 0 radical (unpaired) electrons. The maximum Gasteiger partial charge on any atom is 0.162 e. The molecule has 1 aromatic heterocycles. The van der Waals surface area contributed by atoms with E-state index in [9.17, 15) is 0 Å². The lowest BCUT2D eigenvalue weighted by molar-refractivity contribution is -0.0457. The number of aromatic nitrogens is 2. The minimum atomic E-state index is -0.306. The molecule has 0 spiro atoms. The van der Waals surface area contributed by atoms with E-state index in [1.165, 1.54) is 0 Å². The highest BCUT2D eigenvalue weighted by Crippen LogP contribution is 2.41. The summed E-state index contributed by atoms with van der Waals surface area (Å²) in [6.45, 7) is 2.68. The van der Waals surface area contributed by atoms with Crippen molar-refractivity contribution in [2.24, 2.45) is 0 Å². The third-order valence-electron chi connectivity index (χ3n) is 2.94. The second-order valence-corrected chi connectivity index (χ2v) is 5.18. The lowest BCUT2D eigenvalue weighted by atomic mass is 10.0. The fraction of sp³-hybridized carbons (Fsp3) is 0.636. The second kappa shape index (κ2) is 4.98. The molecule has 1 aromatic rings. The summed E-state index contributed by atoms with van der Waals surface area (Å²) in [7, 11) is 0. The monoisotopic (exact) mass is 304 g/mol. The zero-order valence-electron chi connectivity index (χ0n) is 9.17. The van der Waals surface area contributed by atoms with Crippen LogP contribution in [0, 0.1) is 0 Å². The minimum absolute atomic E-state index is 0.306. The molecule has 0 atom stereocenters. The van der Waals surface area contributed by atoms with Crippen molar-refractivity contribution in [2.45, 2.75) is 38.2 Å². The molecule has 0 saturated heterocycles. The molecular weight excluding hydrogens is 291 g/mol. The lowest BCUT2D eigenvalue weighted by Gasteiger charge is -2.27. The Labute approximate surface area is 109 Å². The largest absolute Gasteiger partial charge is 0.367 e. The van der Waals surface area contributed by atoms with Crippen molar-refractivity contribution in [3.63, 3.8) is 0 Å². The molecule has 1 aliphatic rings. The van der Waals surface area contributed by atoms with Gasteiger partial charge in [-0.25, -0.2) is 9.97 Å². The molecular formula is C11H14BrClN2O. The van der Waals surface area contributed by atoms with Gasteiger partial charge in [0.1, 0.15) is 10.8 Å². The van der Waals surface area contributed by atoms with Gasteiger partial charge in [-0.15, -0.1) is 0 Å². The van der Waals surface area contributed by atoms with Gasteiger partial charge in [-0.05, 0) is 48.5 Å². The van der Waals surface area contributed by atoms with Crippen LogP contribution in [0.2, 0.25) is 5.15 Å². The molecule has 1 fully saturated rings. The highest BCUT2D eigenvalue weighted by atomic mass is 79.9. The van der Waals surface area contributed by atoms with E-state index >= 15 is 0 Å². The van der Waals surface area contributed by atoms with Crippen molar-refractivity contribution < 1.29 is 4.74 Å².